The van der Waals surface area contributed by atoms with Crippen LogP contribution in [0.25, 0.3) is 109 Å². The average molecular weight is 1020 g/mol. The van der Waals surface area contributed by atoms with Crippen molar-refractivity contribution in [2.75, 3.05) is 4.90 Å². The van der Waals surface area contributed by atoms with E-state index >= 15 is 0 Å². The van der Waals surface area contributed by atoms with Crippen molar-refractivity contribution in [3.63, 3.8) is 0 Å². The van der Waals surface area contributed by atoms with Gasteiger partial charge in [-0.15, -0.1) is 11.3 Å². The van der Waals surface area contributed by atoms with Crippen LogP contribution in [0.1, 0.15) is 0 Å². The molecule has 5 heteroatoms. The van der Waals surface area contributed by atoms with E-state index in [2.05, 4.69) is 305 Å². The highest BCUT2D eigenvalue weighted by atomic mass is 32.1. The Balaban J connectivity index is 0.000000146. The molecule has 15 aromatic rings. The number of hydrogen-bond donors (Lipinski definition) is 0. The number of imidazole rings is 1. The van der Waals surface area contributed by atoms with Crippen molar-refractivity contribution < 1.29 is 0 Å². The highest BCUT2D eigenvalue weighted by Gasteiger charge is 2.18. The minimum atomic E-state index is 0.957. The predicted octanol–water partition coefficient (Wildman–Crippen LogP) is 20.3. The smallest absolute Gasteiger partial charge is 0.145 e. The van der Waals surface area contributed by atoms with Crippen LogP contribution in [0.5, 0.6) is 0 Å². The largest absolute Gasteiger partial charge is 0.311 e. The molecule has 15 rings (SSSR count). The first kappa shape index (κ1) is 46.5. The molecule has 4 nitrogen and oxygen atoms in total. The van der Waals surface area contributed by atoms with E-state index in [-0.39, 0.29) is 0 Å². The second-order valence-corrected chi connectivity index (χ2v) is 20.6. The normalized spacial score (nSPS) is 11.3. The maximum atomic E-state index is 5.01. The summed E-state index contributed by atoms with van der Waals surface area (Å²) in [5.41, 5.74) is 18.7. The van der Waals surface area contributed by atoms with Crippen molar-refractivity contribution in [2.45, 2.75) is 0 Å². The molecular weight excluding hydrogens is 965 g/mol. The molecule has 0 aliphatic carbocycles. The lowest BCUT2D eigenvalue weighted by atomic mass is 10.0. The third kappa shape index (κ3) is 8.59. The monoisotopic (exact) mass is 1010 g/mol. The van der Waals surface area contributed by atoms with Crippen LogP contribution in [0.4, 0.5) is 17.1 Å². The van der Waals surface area contributed by atoms with E-state index in [1.54, 1.807) is 0 Å². The van der Waals surface area contributed by atoms with Crippen molar-refractivity contribution in [3.8, 4) is 56.1 Å². The number of fused-ring (bicyclic) bond motifs is 7. The summed E-state index contributed by atoms with van der Waals surface area (Å²) in [4.78, 5) is 7.32. The van der Waals surface area contributed by atoms with Gasteiger partial charge >= 0.3 is 0 Å². The van der Waals surface area contributed by atoms with Crippen molar-refractivity contribution in [1.82, 2.24) is 14.1 Å². The van der Waals surface area contributed by atoms with Gasteiger partial charge < -0.3 is 9.47 Å². The Morgan fingerprint density at radius 2 is 0.769 bits per heavy atom. The topological polar surface area (TPSA) is 26.0 Å². The molecular formula is C73H50N4S. The molecule has 0 atom stereocenters. The molecule has 0 fully saturated rings. The van der Waals surface area contributed by atoms with Gasteiger partial charge in [0.05, 0.1) is 22.1 Å². The third-order valence-corrected chi connectivity index (χ3v) is 16.0. The Kier molecular flexibility index (Phi) is 12.0. The number of hydrogen-bond acceptors (Lipinski definition) is 3. The Labute approximate surface area is 457 Å². The van der Waals surface area contributed by atoms with Gasteiger partial charge in [0.2, 0.25) is 0 Å². The first-order valence-electron chi connectivity index (χ1n) is 26.4. The molecule has 12 aromatic carbocycles. The summed E-state index contributed by atoms with van der Waals surface area (Å²) in [6.07, 6.45) is 0. The molecule has 0 saturated carbocycles. The molecule has 0 aliphatic rings. The Morgan fingerprint density at radius 3 is 1.46 bits per heavy atom. The number of benzene rings is 12. The fourth-order valence-electron chi connectivity index (χ4n) is 11.1. The Morgan fingerprint density at radius 1 is 0.295 bits per heavy atom. The second kappa shape index (κ2) is 20.2. The SMILES string of the molecule is c1ccc(-c2ccc(N(c3ccccc3)c3ccc(-c4ccc5c(c4)c4ccccc4n5-c4ccccc4)cc3)cc2)cc1.c1ccc(-n2c(-c3ccc(-c4cccc5c4sc4ccccc45)cc3)nc3ccccc32)cc1. The standard InChI is InChI=1S/C42H30N2.C31H20N2S/c1-4-12-31(13-5-1)32-20-25-37(26-21-32)43(35-14-6-2-7-15-35)38-27-22-33(23-28-38)34-24-29-42-40(30-34)39-18-10-11-19-41(39)44(42)36-16-8-3-9-17-36;1-2-9-23(10-3-1)33-28-15-6-5-14-27(28)32-31(33)22-19-17-21(18-20-22)24-12-8-13-26-25-11-4-7-16-29(25)34-30(24)26/h1-30H;1-20H. The summed E-state index contributed by atoms with van der Waals surface area (Å²) in [5.74, 6) is 0.957. The number of aromatic nitrogens is 3. The molecule has 368 valence electrons. The van der Waals surface area contributed by atoms with E-state index < -0.39 is 0 Å². The number of thiophene rings is 1. The summed E-state index contributed by atoms with van der Waals surface area (Å²) in [6, 6.07) is 108. The van der Waals surface area contributed by atoms with E-state index in [1.807, 2.05) is 23.5 Å². The third-order valence-electron chi connectivity index (χ3n) is 14.8. The maximum absolute atomic E-state index is 5.01. The molecule has 0 bridgehead atoms. The van der Waals surface area contributed by atoms with E-state index in [0.717, 1.165) is 45.2 Å². The first-order valence-corrected chi connectivity index (χ1v) is 27.3. The van der Waals surface area contributed by atoms with E-state index in [9.17, 15) is 0 Å². The van der Waals surface area contributed by atoms with Crippen molar-refractivity contribution >= 4 is 81.4 Å². The van der Waals surface area contributed by atoms with Gasteiger partial charge in [0.1, 0.15) is 5.82 Å². The lowest BCUT2D eigenvalue weighted by Gasteiger charge is -2.26. The van der Waals surface area contributed by atoms with Gasteiger partial charge in [0.25, 0.3) is 0 Å². The van der Waals surface area contributed by atoms with Crippen molar-refractivity contribution in [2.24, 2.45) is 0 Å². The molecule has 0 unspecified atom stereocenters. The summed E-state index contributed by atoms with van der Waals surface area (Å²) in [7, 11) is 0. The van der Waals surface area contributed by atoms with Crippen LogP contribution in [0.3, 0.4) is 0 Å². The molecule has 0 spiro atoms. The molecule has 3 aromatic heterocycles. The number of nitrogens with zero attached hydrogens (tertiary/aromatic N) is 4. The molecule has 0 amide bonds. The van der Waals surface area contributed by atoms with Crippen LogP contribution in [0.15, 0.2) is 303 Å². The zero-order valence-corrected chi connectivity index (χ0v) is 43.4. The van der Waals surface area contributed by atoms with Crippen LogP contribution in [-0.2, 0) is 0 Å². The molecule has 0 radical (unpaired) electrons. The Bertz CT molecular complexity index is 4560. The van der Waals surface area contributed by atoms with Crippen LogP contribution in [-0.4, -0.2) is 14.1 Å². The molecule has 0 N–H and O–H groups in total. The van der Waals surface area contributed by atoms with Gasteiger partial charge in [-0.25, -0.2) is 4.98 Å². The fraction of sp³-hybridized carbons (Fsp3) is 0. The summed E-state index contributed by atoms with van der Waals surface area (Å²) in [6.45, 7) is 0. The first-order chi connectivity index (χ1) is 38.7. The van der Waals surface area contributed by atoms with Gasteiger partial charge in [-0.05, 0) is 130 Å². The second-order valence-electron chi connectivity index (χ2n) is 19.5. The van der Waals surface area contributed by atoms with Gasteiger partial charge in [-0.2, -0.15) is 0 Å². The highest BCUT2D eigenvalue weighted by Crippen LogP contribution is 2.42. The molecule has 3 heterocycles. The highest BCUT2D eigenvalue weighted by molar-refractivity contribution is 7.26. The minimum Gasteiger partial charge on any atom is -0.311 e. The van der Waals surface area contributed by atoms with Gasteiger partial charge in [-0.1, -0.05) is 206 Å². The number of rotatable bonds is 9. The summed E-state index contributed by atoms with van der Waals surface area (Å²) < 4.78 is 7.28. The van der Waals surface area contributed by atoms with Gasteiger partial charge in [0, 0.05) is 64.9 Å². The zero-order valence-electron chi connectivity index (χ0n) is 42.6. The maximum Gasteiger partial charge on any atom is 0.145 e. The summed E-state index contributed by atoms with van der Waals surface area (Å²) in [5, 5.41) is 5.18. The number of anilines is 3. The van der Waals surface area contributed by atoms with Crippen LogP contribution >= 0.6 is 11.3 Å². The van der Waals surface area contributed by atoms with Crippen LogP contribution in [0.2, 0.25) is 0 Å². The molecule has 78 heavy (non-hydrogen) atoms. The van der Waals surface area contributed by atoms with Crippen molar-refractivity contribution in [3.05, 3.63) is 303 Å². The van der Waals surface area contributed by atoms with E-state index in [4.69, 9.17) is 4.98 Å². The number of para-hydroxylation sites is 6. The zero-order chi connectivity index (χ0) is 51.8. The average Bonchev–Trinajstić information content (AvgIpc) is 4.36. The van der Waals surface area contributed by atoms with Crippen LogP contribution < -0.4 is 4.90 Å². The lowest BCUT2D eigenvalue weighted by Crippen LogP contribution is -2.09. The van der Waals surface area contributed by atoms with Gasteiger partial charge in [-0.3, -0.25) is 4.57 Å². The van der Waals surface area contributed by atoms with Gasteiger partial charge in [0.15, 0.2) is 0 Å². The van der Waals surface area contributed by atoms with E-state index in [1.165, 1.54) is 81.0 Å². The molecule has 0 saturated heterocycles. The predicted molar refractivity (Wildman–Crippen MR) is 331 cm³/mol. The fourth-order valence-corrected chi connectivity index (χ4v) is 12.3. The lowest BCUT2D eigenvalue weighted by molar-refractivity contribution is 1.10. The quantitative estimate of drug-likeness (QED) is 0.144. The Hall–Kier alpha value is -10.1. The van der Waals surface area contributed by atoms with Crippen molar-refractivity contribution in [1.29, 1.82) is 0 Å². The molecule has 0 aliphatic heterocycles. The van der Waals surface area contributed by atoms with Crippen LogP contribution in [0, 0.1) is 0 Å². The minimum absolute atomic E-state index is 0.957. The van der Waals surface area contributed by atoms with E-state index in [0.29, 0.717) is 0 Å². The summed E-state index contributed by atoms with van der Waals surface area (Å²) >= 11 is 1.87.